The minimum absolute atomic E-state index is 0.000322. The van der Waals surface area contributed by atoms with Crippen molar-refractivity contribution in [3.8, 4) is 11.3 Å². The summed E-state index contributed by atoms with van der Waals surface area (Å²) < 4.78 is 5.32. The molecular weight excluding hydrogens is 222 g/mol. The lowest BCUT2D eigenvalue weighted by Gasteiger charge is -2.12. The Morgan fingerprint density at radius 1 is 1.19 bits per heavy atom. The van der Waals surface area contributed by atoms with Gasteiger partial charge in [0, 0.05) is 22.1 Å². The van der Waals surface area contributed by atoms with Crippen LogP contribution in [-0.4, -0.2) is 5.16 Å². The number of hydrogen-bond donors (Lipinski definition) is 0. The predicted octanol–water partition coefficient (Wildman–Crippen LogP) is 4.29. The topological polar surface area (TPSA) is 26.0 Å². The van der Waals surface area contributed by atoms with Crippen LogP contribution < -0.4 is 0 Å². The Morgan fingerprint density at radius 2 is 1.94 bits per heavy atom. The maximum Gasteiger partial charge on any atom is 0.167 e. The number of benzene rings is 1. The van der Waals surface area contributed by atoms with Gasteiger partial charge >= 0.3 is 0 Å². The second kappa shape index (κ2) is 3.95. The van der Waals surface area contributed by atoms with Crippen LogP contribution in [0.15, 0.2) is 34.9 Å². The lowest BCUT2D eigenvalue weighted by Crippen LogP contribution is -2.10. The zero-order valence-electron chi connectivity index (χ0n) is 9.62. The zero-order valence-corrected chi connectivity index (χ0v) is 10.4. The second-order valence-corrected chi connectivity index (χ2v) is 5.27. The number of nitrogens with zero attached hydrogens (tertiary/aromatic N) is 1. The maximum absolute atomic E-state index is 5.93. The Kier molecular flexibility index (Phi) is 2.76. The predicted molar refractivity (Wildman–Crippen MR) is 65.6 cm³/mol. The van der Waals surface area contributed by atoms with E-state index in [-0.39, 0.29) is 5.41 Å². The van der Waals surface area contributed by atoms with Crippen LogP contribution in [0, 0.1) is 0 Å². The quantitative estimate of drug-likeness (QED) is 0.737. The molecule has 84 valence electrons. The van der Waals surface area contributed by atoms with Gasteiger partial charge in [-0.15, -0.1) is 0 Å². The molecule has 0 saturated heterocycles. The summed E-state index contributed by atoms with van der Waals surface area (Å²) in [7, 11) is 0. The average molecular weight is 236 g/mol. The van der Waals surface area contributed by atoms with Gasteiger partial charge < -0.3 is 4.52 Å². The fourth-order valence-corrected chi connectivity index (χ4v) is 1.60. The second-order valence-electron chi connectivity index (χ2n) is 4.84. The molecule has 0 fully saturated rings. The van der Waals surface area contributed by atoms with Crippen molar-refractivity contribution in [2.24, 2.45) is 0 Å². The van der Waals surface area contributed by atoms with Crippen LogP contribution in [0.1, 0.15) is 26.5 Å². The number of halogens is 1. The molecule has 1 aromatic heterocycles. The normalized spacial score (nSPS) is 11.8. The molecule has 0 radical (unpaired) electrons. The van der Waals surface area contributed by atoms with Crippen LogP contribution in [0.4, 0.5) is 0 Å². The molecule has 0 aliphatic heterocycles. The summed E-state index contributed by atoms with van der Waals surface area (Å²) >= 11 is 5.93. The number of hydrogen-bond acceptors (Lipinski definition) is 2. The molecule has 3 heteroatoms. The lowest BCUT2D eigenvalue weighted by molar-refractivity contribution is 0.402. The van der Waals surface area contributed by atoms with Crippen LogP contribution in [-0.2, 0) is 5.41 Å². The molecule has 16 heavy (non-hydrogen) atoms. The Hall–Kier alpha value is -1.28. The van der Waals surface area contributed by atoms with Gasteiger partial charge in [-0.05, 0) is 12.1 Å². The molecule has 1 heterocycles. The van der Waals surface area contributed by atoms with Crippen molar-refractivity contribution in [2.75, 3.05) is 0 Å². The summed E-state index contributed by atoms with van der Waals surface area (Å²) in [6, 6.07) is 9.53. The highest BCUT2D eigenvalue weighted by Gasteiger charge is 2.19. The molecule has 2 aromatic rings. The van der Waals surface area contributed by atoms with Gasteiger partial charge in [-0.3, -0.25) is 0 Å². The fourth-order valence-electron chi connectivity index (χ4n) is 1.41. The minimum atomic E-state index is 0.000322. The van der Waals surface area contributed by atoms with Crippen molar-refractivity contribution in [1.29, 1.82) is 0 Å². The van der Waals surface area contributed by atoms with Gasteiger partial charge in [-0.25, -0.2) is 0 Å². The van der Waals surface area contributed by atoms with Crippen LogP contribution in [0.25, 0.3) is 11.3 Å². The van der Waals surface area contributed by atoms with Crippen molar-refractivity contribution in [1.82, 2.24) is 5.16 Å². The van der Waals surface area contributed by atoms with Crippen molar-refractivity contribution < 1.29 is 4.52 Å². The van der Waals surface area contributed by atoms with Gasteiger partial charge in [-0.1, -0.05) is 49.7 Å². The molecule has 0 aliphatic carbocycles. The monoisotopic (exact) mass is 235 g/mol. The first-order valence-electron chi connectivity index (χ1n) is 5.20. The summed E-state index contributed by atoms with van der Waals surface area (Å²) in [6.45, 7) is 6.31. The van der Waals surface area contributed by atoms with Crippen molar-refractivity contribution in [3.05, 3.63) is 41.0 Å². The average Bonchev–Trinajstić information content (AvgIpc) is 2.65. The first-order valence-corrected chi connectivity index (χ1v) is 5.58. The standard InChI is InChI=1S/C13H14ClNO/c1-13(2,3)12-8-11(16-15-12)9-5-4-6-10(14)7-9/h4-8H,1-3H3. The maximum atomic E-state index is 5.93. The van der Waals surface area contributed by atoms with E-state index in [1.54, 1.807) is 0 Å². The first-order chi connectivity index (χ1) is 7.47. The number of rotatable bonds is 1. The largest absolute Gasteiger partial charge is 0.356 e. The van der Waals surface area contributed by atoms with Crippen molar-refractivity contribution in [2.45, 2.75) is 26.2 Å². The van der Waals surface area contributed by atoms with Gasteiger partial charge in [0.05, 0.1) is 5.69 Å². The van der Waals surface area contributed by atoms with E-state index in [1.807, 2.05) is 30.3 Å². The van der Waals surface area contributed by atoms with E-state index >= 15 is 0 Å². The lowest BCUT2D eigenvalue weighted by atomic mass is 9.92. The molecule has 2 rings (SSSR count). The van der Waals surface area contributed by atoms with Gasteiger partial charge in [0.2, 0.25) is 0 Å². The SMILES string of the molecule is CC(C)(C)c1cc(-c2cccc(Cl)c2)on1. The zero-order chi connectivity index (χ0) is 11.8. The van der Waals surface area contributed by atoms with Gasteiger partial charge in [-0.2, -0.15) is 0 Å². The van der Waals surface area contributed by atoms with Crippen LogP contribution in [0.5, 0.6) is 0 Å². The van der Waals surface area contributed by atoms with Crippen LogP contribution in [0.3, 0.4) is 0 Å². The third-order valence-corrected chi connectivity index (χ3v) is 2.62. The third kappa shape index (κ3) is 2.27. The van der Waals surface area contributed by atoms with Crippen molar-refractivity contribution in [3.63, 3.8) is 0 Å². The minimum Gasteiger partial charge on any atom is -0.356 e. The van der Waals surface area contributed by atoms with E-state index < -0.39 is 0 Å². The van der Waals surface area contributed by atoms with Crippen LogP contribution in [0.2, 0.25) is 5.02 Å². The molecule has 0 bridgehead atoms. The Morgan fingerprint density at radius 3 is 2.50 bits per heavy atom. The summed E-state index contributed by atoms with van der Waals surface area (Å²) in [5, 5.41) is 4.78. The molecule has 2 nitrogen and oxygen atoms in total. The molecule has 0 N–H and O–H groups in total. The fraction of sp³-hybridized carbons (Fsp3) is 0.308. The Balaban J connectivity index is 2.39. The molecule has 0 saturated carbocycles. The van der Waals surface area contributed by atoms with E-state index in [4.69, 9.17) is 16.1 Å². The Bertz CT molecular complexity index is 497. The van der Waals surface area contributed by atoms with Gasteiger partial charge in [0.1, 0.15) is 0 Å². The van der Waals surface area contributed by atoms with E-state index in [9.17, 15) is 0 Å². The summed E-state index contributed by atoms with van der Waals surface area (Å²) in [5.41, 5.74) is 1.90. The highest BCUT2D eigenvalue weighted by molar-refractivity contribution is 6.30. The molecule has 0 unspecified atom stereocenters. The number of aromatic nitrogens is 1. The van der Waals surface area contributed by atoms with E-state index in [1.165, 1.54) is 0 Å². The van der Waals surface area contributed by atoms with E-state index in [0.717, 1.165) is 17.0 Å². The Labute approximate surface area is 100 Å². The molecule has 1 aromatic carbocycles. The van der Waals surface area contributed by atoms with E-state index in [2.05, 4.69) is 25.9 Å². The van der Waals surface area contributed by atoms with Gasteiger partial charge in [0.15, 0.2) is 5.76 Å². The summed E-state index contributed by atoms with van der Waals surface area (Å²) in [4.78, 5) is 0. The highest BCUT2D eigenvalue weighted by Crippen LogP contribution is 2.28. The molecule has 0 atom stereocenters. The molecule has 0 aliphatic rings. The molecular formula is C13H14ClNO. The molecule has 0 spiro atoms. The summed E-state index contributed by atoms with van der Waals surface area (Å²) in [6.07, 6.45) is 0. The van der Waals surface area contributed by atoms with Crippen molar-refractivity contribution >= 4 is 11.6 Å². The smallest absolute Gasteiger partial charge is 0.167 e. The highest BCUT2D eigenvalue weighted by atomic mass is 35.5. The molecule has 0 amide bonds. The first kappa shape index (κ1) is 11.2. The summed E-state index contributed by atoms with van der Waals surface area (Å²) in [5.74, 6) is 0.757. The third-order valence-electron chi connectivity index (χ3n) is 2.39. The van der Waals surface area contributed by atoms with E-state index in [0.29, 0.717) is 5.02 Å². The van der Waals surface area contributed by atoms with Gasteiger partial charge in [0.25, 0.3) is 0 Å². The van der Waals surface area contributed by atoms with Crippen LogP contribution >= 0.6 is 11.6 Å².